The number of aliphatic hydroxyl groups excluding tert-OH is 17. The van der Waals surface area contributed by atoms with Crippen LogP contribution < -0.4 is 10.6 Å². The largest absolute Gasteiger partial charge is 0.394 e. The monoisotopic (exact) mass is 770 g/mol. The van der Waals surface area contributed by atoms with Gasteiger partial charge in [-0.2, -0.15) is 0 Å². The van der Waals surface area contributed by atoms with Gasteiger partial charge in [-0.15, -0.1) is 0 Å². The van der Waals surface area contributed by atoms with Crippen molar-refractivity contribution in [3.05, 3.63) is 0 Å². The second-order valence-electron chi connectivity index (χ2n) is 12.1. The Morgan fingerprint density at radius 2 is 0.865 bits per heavy atom. The van der Waals surface area contributed by atoms with Crippen LogP contribution in [0.25, 0.3) is 0 Å². The molecule has 19 N–H and O–H groups in total. The first-order chi connectivity index (χ1) is 24.4. The highest BCUT2D eigenvalue weighted by atomic mass is 16.7. The van der Waals surface area contributed by atoms with E-state index in [1.54, 1.807) is 0 Å². The van der Waals surface area contributed by atoms with Gasteiger partial charge in [-0.25, -0.2) is 0 Å². The first kappa shape index (κ1) is 46.3. The van der Waals surface area contributed by atoms with Gasteiger partial charge in [0, 0.05) is 13.1 Å². The molecular weight excluding hydrogens is 720 g/mol. The predicted molar refractivity (Wildman–Crippen MR) is 160 cm³/mol. The molecule has 0 saturated carbocycles. The van der Waals surface area contributed by atoms with Gasteiger partial charge in [-0.05, 0) is 0 Å². The number of ether oxygens (including phenoxy) is 4. The molecule has 2 fully saturated rings. The van der Waals surface area contributed by atoms with Crippen LogP contribution in [-0.4, -0.2) is 254 Å². The molecule has 52 heavy (non-hydrogen) atoms. The van der Waals surface area contributed by atoms with Crippen LogP contribution in [-0.2, 0) is 28.5 Å². The molecule has 2 aliphatic heterocycles. The van der Waals surface area contributed by atoms with Crippen molar-refractivity contribution in [2.45, 2.75) is 116 Å². The van der Waals surface area contributed by atoms with Crippen LogP contribution in [0.3, 0.4) is 0 Å². The van der Waals surface area contributed by atoms with Gasteiger partial charge in [-0.3, -0.25) is 9.59 Å². The third kappa shape index (κ3) is 11.6. The summed E-state index contributed by atoms with van der Waals surface area (Å²) in [5.41, 5.74) is 0. The summed E-state index contributed by atoms with van der Waals surface area (Å²) >= 11 is 0. The van der Waals surface area contributed by atoms with E-state index in [1.165, 1.54) is 0 Å². The minimum atomic E-state index is -2.48. The van der Waals surface area contributed by atoms with Crippen LogP contribution in [0.5, 0.6) is 0 Å². The Morgan fingerprint density at radius 1 is 0.538 bits per heavy atom. The summed E-state index contributed by atoms with van der Waals surface area (Å²) < 4.78 is 20.6. The third-order valence-corrected chi connectivity index (χ3v) is 8.29. The van der Waals surface area contributed by atoms with E-state index in [0.29, 0.717) is 0 Å². The molecule has 2 aliphatic rings. The molecule has 0 aromatic heterocycles. The van der Waals surface area contributed by atoms with Gasteiger partial charge in [0.1, 0.15) is 85.5 Å². The van der Waals surface area contributed by atoms with Crippen molar-refractivity contribution in [3.8, 4) is 0 Å². The maximum Gasteiger partial charge on any atom is 0.251 e. The lowest BCUT2D eigenvalue weighted by Crippen LogP contribution is -2.62. The van der Waals surface area contributed by atoms with E-state index in [4.69, 9.17) is 18.9 Å². The molecular formula is C27H50N2O23. The van der Waals surface area contributed by atoms with Crippen molar-refractivity contribution in [2.24, 2.45) is 0 Å². The smallest absolute Gasteiger partial charge is 0.251 e. The highest BCUT2D eigenvalue weighted by Gasteiger charge is 2.49. The first-order valence-corrected chi connectivity index (χ1v) is 15.8. The van der Waals surface area contributed by atoms with Crippen molar-refractivity contribution in [1.29, 1.82) is 0 Å². The van der Waals surface area contributed by atoms with Crippen molar-refractivity contribution >= 4 is 11.8 Å². The van der Waals surface area contributed by atoms with Crippen LogP contribution in [0.1, 0.15) is 0 Å². The summed E-state index contributed by atoms with van der Waals surface area (Å²) in [7, 11) is 0. The zero-order valence-corrected chi connectivity index (χ0v) is 27.3. The number of aliphatic hydroxyl groups is 17. The van der Waals surface area contributed by atoms with Crippen LogP contribution >= 0.6 is 0 Å². The number of hydrogen-bond donors (Lipinski definition) is 19. The molecule has 0 radical (unpaired) electrons. The van der Waals surface area contributed by atoms with Crippen LogP contribution in [0.4, 0.5) is 0 Å². The van der Waals surface area contributed by atoms with E-state index in [-0.39, 0.29) is 0 Å². The van der Waals surface area contributed by atoms with E-state index in [2.05, 4.69) is 0 Å². The van der Waals surface area contributed by atoms with Gasteiger partial charge in [0.05, 0.1) is 32.5 Å². The standard InChI is InChI=1S/C27H50N2O23/c30-3-8(35)22(51-26-20(45)14(39)12(37)10(5-32)49-26)16(41)18(43)24(47)28-1-7(34)2-29-25(48)19(44)17(42)23(9(36)4-31)52-27-21(46)15(40)13(38)11(6-33)50-27/h7-23,26-27,30-46H,1-6H2,(H,28,47)(H,29,48)/t8-,9-,10-,11-,12-,13-,14+,15+,16-,17-,18-,19-,20-,21-,22-,23-,26-,27-/m1/s1. The van der Waals surface area contributed by atoms with Crippen molar-refractivity contribution in [1.82, 2.24) is 10.6 Å². The molecule has 0 aromatic carbocycles. The van der Waals surface area contributed by atoms with Crippen molar-refractivity contribution < 1.29 is 115 Å². The highest BCUT2D eigenvalue weighted by Crippen LogP contribution is 2.26. The maximum absolute atomic E-state index is 12.5. The molecule has 2 amide bonds. The van der Waals surface area contributed by atoms with Crippen molar-refractivity contribution in [3.63, 3.8) is 0 Å². The molecule has 2 rings (SSSR count). The summed E-state index contributed by atoms with van der Waals surface area (Å²) in [6.45, 7) is -5.55. The van der Waals surface area contributed by atoms with Gasteiger partial charge in [0.15, 0.2) is 24.8 Å². The summed E-state index contributed by atoms with van der Waals surface area (Å²) in [6, 6.07) is 0. The van der Waals surface area contributed by atoms with E-state index in [1.807, 2.05) is 10.6 Å². The third-order valence-electron chi connectivity index (χ3n) is 8.29. The zero-order valence-electron chi connectivity index (χ0n) is 27.3. The molecule has 0 aromatic rings. The van der Waals surface area contributed by atoms with Gasteiger partial charge in [0.2, 0.25) is 0 Å². The Morgan fingerprint density at radius 3 is 1.15 bits per heavy atom. The maximum atomic E-state index is 12.5. The summed E-state index contributed by atoms with van der Waals surface area (Å²) in [6.07, 6.45) is -38.2. The molecule has 0 unspecified atom stereocenters. The Kier molecular flexibility index (Phi) is 18.9. The molecule has 0 aliphatic carbocycles. The summed E-state index contributed by atoms with van der Waals surface area (Å²) in [5.74, 6) is -2.85. The minimum Gasteiger partial charge on any atom is -0.394 e. The van der Waals surface area contributed by atoms with Crippen LogP contribution in [0.2, 0.25) is 0 Å². The average molecular weight is 771 g/mol. The topological polar surface area (TPSA) is 439 Å². The SMILES string of the molecule is O=C(NCC(O)CNC(=O)[C@H](O)[C@@H](O)[C@H](O[C@H]1O[C@H](CO)[C@@H](O)[C@H](O)[C@H]1O)[C@H](O)CO)[C@H](O)[C@@H](O)[C@H](O[C@H]1O[C@H](CO)[C@@H](O)[C@H](O)[C@H]1O)[C@H](O)CO. The molecule has 306 valence electrons. The molecule has 25 heteroatoms. The number of amides is 2. The zero-order chi connectivity index (χ0) is 39.6. The summed E-state index contributed by atoms with van der Waals surface area (Å²) in [5, 5.41) is 174. The molecule has 2 heterocycles. The Balaban J connectivity index is 1.96. The lowest BCUT2D eigenvalue weighted by atomic mass is 9.98. The lowest BCUT2D eigenvalue weighted by molar-refractivity contribution is -0.326. The Hall–Kier alpha value is -1.90. The fourth-order valence-corrected chi connectivity index (χ4v) is 5.06. The number of rotatable bonds is 20. The van der Waals surface area contributed by atoms with E-state index >= 15 is 0 Å². The van der Waals surface area contributed by atoms with Gasteiger partial charge < -0.3 is 116 Å². The number of hydrogen-bond acceptors (Lipinski definition) is 23. The normalized spacial score (nSPS) is 34.4. The van der Waals surface area contributed by atoms with Crippen LogP contribution in [0, 0.1) is 0 Å². The molecule has 25 nitrogen and oxygen atoms in total. The first-order valence-electron chi connectivity index (χ1n) is 15.8. The fraction of sp³-hybridized carbons (Fsp3) is 0.926. The van der Waals surface area contributed by atoms with E-state index < -0.39 is 168 Å². The summed E-state index contributed by atoms with van der Waals surface area (Å²) in [4.78, 5) is 25.0. The van der Waals surface area contributed by atoms with Gasteiger partial charge >= 0.3 is 0 Å². The lowest BCUT2D eigenvalue weighted by Gasteiger charge is -2.42. The number of carbonyl (C=O) groups is 2. The second-order valence-corrected chi connectivity index (χ2v) is 12.1. The molecule has 18 atom stereocenters. The van der Waals surface area contributed by atoms with E-state index in [0.717, 1.165) is 0 Å². The van der Waals surface area contributed by atoms with Gasteiger partial charge in [-0.1, -0.05) is 0 Å². The van der Waals surface area contributed by atoms with E-state index in [9.17, 15) is 96.4 Å². The molecule has 0 spiro atoms. The number of carbonyl (C=O) groups excluding carboxylic acids is 2. The quantitative estimate of drug-likeness (QED) is 0.0546. The molecule has 0 bridgehead atoms. The predicted octanol–water partition coefficient (Wildman–Crippen LogP) is -12.9. The Labute approximate surface area is 294 Å². The number of nitrogens with one attached hydrogen (secondary N) is 2. The highest BCUT2D eigenvalue weighted by molar-refractivity contribution is 5.82. The van der Waals surface area contributed by atoms with Crippen LogP contribution in [0.15, 0.2) is 0 Å². The van der Waals surface area contributed by atoms with Crippen molar-refractivity contribution in [2.75, 3.05) is 39.5 Å². The fourth-order valence-electron chi connectivity index (χ4n) is 5.06. The minimum absolute atomic E-state index is 0.769. The average Bonchev–Trinajstić information content (AvgIpc) is 3.14. The Bertz CT molecular complexity index is 997. The van der Waals surface area contributed by atoms with Gasteiger partial charge in [0.25, 0.3) is 11.8 Å². The molecule has 2 saturated heterocycles. The second kappa shape index (κ2) is 21.3.